The van der Waals surface area contributed by atoms with E-state index in [0.717, 1.165) is 18.4 Å². The fraction of sp³-hybridized carbons (Fsp3) is 0.250. The van der Waals surface area contributed by atoms with Gasteiger partial charge in [0.15, 0.2) is 0 Å². The largest absolute Gasteiger partial charge is 0.496 e. The molecule has 1 N–H and O–H groups in total. The van der Waals surface area contributed by atoms with Gasteiger partial charge in [0.1, 0.15) is 16.4 Å². The molecule has 122 valence electrons. The minimum absolute atomic E-state index is 0.114. The summed E-state index contributed by atoms with van der Waals surface area (Å²) in [6.45, 7) is 0.490. The Morgan fingerprint density at radius 3 is 2.61 bits per heavy atom. The average molecular weight is 354 g/mol. The first kappa shape index (κ1) is 16.0. The predicted molar refractivity (Wildman–Crippen MR) is 89.1 cm³/mol. The molecule has 0 saturated heterocycles. The van der Waals surface area contributed by atoms with Crippen molar-refractivity contribution in [2.45, 2.75) is 17.7 Å². The second-order valence-electron chi connectivity index (χ2n) is 5.14. The highest BCUT2D eigenvalue weighted by atomic mass is 35.5. The number of fused-ring (bicyclic) bond motifs is 1. The normalized spacial score (nSPS) is 13.8. The number of hydrogen-bond donors (Lipinski definition) is 1. The van der Waals surface area contributed by atoms with Crippen molar-refractivity contribution in [2.24, 2.45) is 0 Å². The third kappa shape index (κ3) is 3.23. The van der Waals surface area contributed by atoms with E-state index in [1.807, 2.05) is 0 Å². The van der Waals surface area contributed by atoms with Crippen LogP contribution in [0, 0.1) is 0 Å². The summed E-state index contributed by atoms with van der Waals surface area (Å²) in [5, 5.41) is 0.540. The highest BCUT2D eigenvalue weighted by Crippen LogP contribution is 2.38. The van der Waals surface area contributed by atoms with Crippen LogP contribution in [0.25, 0.3) is 0 Å². The highest BCUT2D eigenvalue weighted by molar-refractivity contribution is 7.92. The van der Waals surface area contributed by atoms with Crippen molar-refractivity contribution < 1.29 is 17.9 Å². The number of methoxy groups -OCH3 is 1. The highest BCUT2D eigenvalue weighted by Gasteiger charge is 2.26. The summed E-state index contributed by atoms with van der Waals surface area (Å²) in [5.74, 6) is 1.02. The lowest BCUT2D eigenvalue weighted by Gasteiger charge is -2.22. The molecule has 0 aliphatic carbocycles. The summed E-state index contributed by atoms with van der Waals surface area (Å²) in [6.07, 6.45) is 1.56. The van der Waals surface area contributed by atoms with Gasteiger partial charge in [0.2, 0.25) is 0 Å². The number of benzene rings is 2. The van der Waals surface area contributed by atoms with Gasteiger partial charge in [-0.25, -0.2) is 8.42 Å². The average Bonchev–Trinajstić information content (AvgIpc) is 2.55. The van der Waals surface area contributed by atoms with Gasteiger partial charge < -0.3 is 9.47 Å². The molecule has 23 heavy (non-hydrogen) atoms. The number of anilines is 1. The van der Waals surface area contributed by atoms with Gasteiger partial charge in [0, 0.05) is 16.3 Å². The van der Waals surface area contributed by atoms with Crippen LogP contribution in [0.3, 0.4) is 0 Å². The maximum absolute atomic E-state index is 12.7. The van der Waals surface area contributed by atoms with Crippen molar-refractivity contribution in [3.05, 3.63) is 47.0 Å². The predicted octanol–water partition coefficient (Wildman–Crippen LogP) is 3.47. The lowest BCUT2D eigenvalue weighted by atomic mass is 10.1. The van der Waals surface area contributed by atoms with Crippen molar-refractivity contribution in [1.82, 2.24) is 0 Å². The topological polar surface area (TPSA) is 64.6 Å². The van der Waals surface area contributed by atoms with Crippen LogP contribution in [0.15, 0.2) is 41.3 Å². The number of nitrogens with one attached hydrogen (secondary N) is 1. The minimum Gasteiger partial charge on any atom is -0.496 e. The van der Waals surface area contributed by atoms with Crippen molar-refractivity contribution in [1.29, 1.82) is 0 Å². The van der Waals surface area contributed by atoms with E-state index in [4.69, 9.17) is 21.1 Å². The van der Waals surface area contributed by atoms with Crippen LogP contribution in [0.1, 0.15) is 12.0 Å². The van der Waals surface area contributed by atoms with Crippen LogP contribution in [-0.2, 0) is 16.4 Å². The van der Waals surface area contributed by atoms with E-state index in [9.17, 15) is 8.42 Å². The summed E-state index contributed by atoms with van der Waals surface area (Å²) in [7, 11) is -2.21. The summed E-state index contributed by atoms with van der Waals surface area (Å²) in [5.41, 5.74) is 1.23. The maximum atomic E-state index is 12.7. The maximum Gasteiger partial charge on any atom is 0.265 e. The molecule has 0 saturated carbocycles. The first-order valence-electron chi connectivity index (χ1n) is 7.12. The van der Waals surface area contributed by atoms with Crippen LogP contribution < -0.4 is 14.2 Å². The van der Waals surface area contributed by atoms with Gasteiger partial charge in [0.25, 0.3) is 10.0 Å². The third-order valence-electron chi connectivity index (χ3n) is 3.60. The molecule has 0 aromatic heterocycles. The van der Waals surface area contributed by atoms with E-state index in [2.05, 4.69) is 4.72 Å². The molecular weight excluding hydrogens is 338 g/mol. The quantitative estimate of drug-likeness (QED) is 0.914. The fourth-order valence-corrected chi connectivity index (χ4v) is 3.89. The third-order valence-corrected chi connectivity index (χ3v) is 5.26. The molecule has 2 aromatic rings. The molecule has 1 aliphatic heterocycles. The zero-order valence-electron chi connectivity index (χ0n) is 12.5. The van der Waals surface area contributed by atoms with E-state index in [1.165, 1.54) is 6.07 Å². The summed E-state index contributed by atoms with van der Waals surface area (Å²) in [6, 6.07) is 9.62. The molecule has 1 aliphatic rings. The Balaban J connectivity index is 2.01. The van der Waals surface area contributed by atoms with Gasteiger partial charge in [-0.2, -0.15) is 0 Å². The molecule has 1 heterocycles. The molecule has 7 heteroatoms. The van der Waals surface area contributed by atoms with Crippen molar-refractivity contribution in [3.63, 3.8) is 0 Å². The molecule has 0 spiro atoms. The molecule has 0 unspecified atom stereocenters. The Morgan fingerprint density at radius 2 is 1.91 bits per heavy atom. The lowest BCUT2D eigenvalue weighted by Crippen LogP contribution is -2.18. The van der Waals surface area contributed by atoms with Crippen molar-refractivity contribution in [3.8, 4) is 11.5 Å². The van der Waals surface area contributed by atoms with E-state index >= 15 is 0 Å². The number of rotatable bonds is 4. The zero-order chi connectivity index (χ0) is 16.4. The monoisotopic (exact) mass is 353 g/mol. The summed E-state index contributed by atoms with van der Waals surface area (Å²) in [4.78, 5) is 0.114. The smallest absolute Gasteiger partial charge is 0.265 e. The van der Waals surface area contributed by atoms with Gasteiger partial charge in [0.05, 0.1) is 13.7 Å². The Hall–Kier alpha value is -1.92. The van der Waals surface area contributed by atoms with Crippen LogP contribution in [0.4, 0.5) is 5.69 Å². The summed E-state index contributed by atoms with van der Waals surface area (Å²) < 4.78 is 38.9. The molecule has 5 nitrogen and oxygen atoms in total. The van der Waals surface area contributed by atoms with Crippen LogP contribution in [0.2, 0.25) is 5.02 Å². The zero-order valence-corrected chi connectivity index (χ0v) is 14.1. The lowest BCUT2D eigenvalue weighted by molar-refractivity contribution is 0.274. The van der Waals surface area contributed by atoms with E-state index < -0.39 is 10.0 Å². The Labute approximate surface area is 140 Å². The van der Waals surface area contributed by atoms with E-state index in [1.54, 1.807) is 37.4 Å². The van der Waals surface area contributed by atoms with E-state index in [0.29, 0.717) is 28.8 Å². The van der Waals surface area contributed by atoms with Gasteiger partial charge in [-0.1, -0.05) is 11.6 Å². The van der Waals surface area contributed by atoms with Crippen LogP contribution >= 0.6 is 11.6 Å². The fourth-order valence-electron chi connectivity index (χ4n) is 2.54. The number of hydrogen-bond acceptors (Lipinski definition) is 4. The molecule has 0 amide bonds. The first-order chi connectivity index (χ1) is 11.0. The number of sulfonamides is 1. The number of halogens is 1. The minimum atomic E-state index is -3.77. The second kappa shape index (κ2) is 6.29. The van der Waals surface area contributed by atoms with Gasteiger partial charge in [-0.15, -0.1) is 0 Å². The molecule has 0 atom stereocenters. The molecule has 2 aromatic carbocycles. The Kier molecular flexibility index (Phi) is 4.37. The molecular formula is C16H16ClNO4S. The standard InChI is InChI=1S/C16H16ClNO4S/c1-21-14-8-9-15(16-13(14)3-2-10-22-16)23(19,20)18-12-6-4-11(17)5-7-12/h4-9,18H,2-3,10H2,1H3. The summed E-state index contributed by atoms with van der Waals surface area (Å²) >= 11 is 5.82. The first-order valence-corrected chi connectivity index (χ1v) is 8.98. The van der Waals surface area contributed by atoms with Gasteiger partial charge >= 0.3 is 0 Å². The molecule has 0 fully saturated rings. The molecule has 3 rings (SSSR count). The van der Waals surface area contributed by atoms with Crippen LogP contribution in [-0.4, -0.2) is 22.1 Å². The Bertz CT molecular complexity index is 819. The number of ether oxygens (including phenoxy) is 2. The van der Waals surface area contributed by atoms with Crippen molar-refractivity contribution in [2.75, 3.05) is 18.4 Å². The van der Waals surface area contributed by atoms with Gasteiger partial charge in [-0.3, -0.25) is 4.72 Å². The van der Waals surface area contributed by atoms with Crippen LogP contribution in [0.5, 0.6) is 11.5 Å². The van der Waals surface area contributed by atoms with E-state index in [-0.39, 0.29) is 4.90 Å². The SMILES string of the molecule is COc1ccc(S(=O)(=O)Nc2ccc(Cl)cc2)c2c1CCCO2. The van der Waals surface area contributed by atoms with Gasteiger partial charge in [-0.05, 0) is 49.2 Å². The van der Waals surface area contributed by atoms with Crippen molar-refractivity contribution >= 4 is 27.3 Å². The molecule has 0 radical (unpaired) electrons. The second-order valence-corrected chi connectivity index (χ2v) is 7.23. The molecule has 0 bridgehead atoms. The Morgan fingerprint density at radius 1 is 1.17 bits per heavy atom.